The third-order valence-corrected chi connectivity index (χ3v) is 2.56. The maximum absolute atomic E-state index is 11.7. The van der Waals surface area contributed by atoms with Crippen molar-refractivity contribution in [3.63, 3.8) is 0 Å². The zero-order chi connectivity index (χ0) is 13.6. The number of carbonyl (C=O) groups is 2. The number of hydrogen-bond acceptors (Lipinski definition) is 3. The second-order valence-electron chi connectivity index (χ2n) is 5.23. The van der Waals surface area contributed by atoms with E-state index in [1.807, 2.05) is 39.0 Å². The van der Waals surface area contributed by atoms with Crippen LogP contribution in [0, 0.1) is 5.41 Å². The van der Waals surface area contributed by atoms with Gasteiger partial charge in [-0.15, -0.1) is 0 Å². The lowest BCUT2D eigenvalue weighted by atomic mass is 9.88. The molecule has 1 aromatic rings. The van der Waals surface area contributed by atoms with Crippen molar-refractivity contribution in [1.29, 1.82) is 0 Å². The van der Waals surface area contributed by atoms with Crippen molar-refractivity contribution in [2.45, 2.75) is 33.6 Å². The number of ketones is 2. The maximum atomic E-state index is 11.7. The molecule has 0 aliphatic carbocycles. The molecule has 0 aliphatic rings. The molecule has 0 saturated carbocycles. The summed E-state index contributed by atoms with van der Waals surface area (Å²) < 4.78 is 0. The highest BCUT2D eigenvalue weighted by Gasteiger charge is 2.20. The van der Waals surface area contributed by atoms with E-state index in [-0.39, 0.29) is 23.4 Å². The van der Waals surface area contributed by atoms with E-state index < -0.39 is 0 Å². The molecule has 1 rings (SSSR count). The topological polar surface area (TPSA) is 47.0 Å². The third-order valence-electron chi connectivity index (χ3n) is 2.56. The first-order chi connectivity index (χ1) is 8.39. The van der Waals surface area contributed by atoms with Crippen LogP contribution in [0.3, 0.4) is 0 Å². The van der Waals surface area contributed by atoms with E-state index in [0.717, 1.165) is 5.69 Å². The Morgan fingerprint density at radius 1 is 1.22 bits per heavy atom. The van der Waals surface area contributed by atoms with Crippen LogP contribution in [-0.2, 0) is 9.59 Å². The van der Waals surface area contributed by atoms with E-state index >= 15 is 0 Å². The Labute approximate surface area is 108 Å². The Bertz CT molecular complexity index is 441. The van der Waals surface area contributed by atoms with Crippen molar-refractivity contribution in [3.8, 4) is 0 Å². The Kier molecular flexibility index (Phi) is 4.95. The lowest BCUT2D eigenvalue weighted by Crippen LogP contribution is -2.20. The number of allylic oxidation sites excluding steroid dienone is 1. The summed E-state index contributed by atoms with van der Waals surface area (Å²) in [6, 6.07) is 5.51. The molecule has 3 nitrogen and oxygen atoms in total. The van der Waals surface area contributed by atoms with Gasteiger partial charge in [-0.05, 0) is 24.3 Å². The fourth-order valence-electron chi connectivity index (χ4n) is 1.35. The fourth-order valence-corrected chi connectivity index (χ4v) is 1.35. The Morgan fingerprint density at radius 2 is 1.94 bits per heavy atom. The van der Waals surface area contributed by atoms with Crippen molar-refractivity contribution in [1.82, 2.24) is 4.98 Å². The minimum Gasteiger partial charge on any atom is -0.299 e. The minimum absolute atomic E-state index is 0.0433. The fraction of sp³-hybridized carbons (Fsp3) is 0.400. The van der Waals surface area contributed by atoms with E-state index in [1.165, 1.54) is 6.08 Å². The summed E-state index contributed by atoms with van der Waals surface area (Å²) in [7, 11) is 0. The smallest absolute Gasteiger partial charge is 0.156 e. The SMILES string of the molecule is CC(C)(C)C(=O)CCC(=O)/C=C/c1ccccn1. The molecule has 18 heavy (non-hydrogen) atoms. The Morgan fingerprint density at radius 3 is 2.50 bits per heavy atom. The van der Waals surface area contributed by atoms with Gasteiger partial charge in [0, 0.05) is 24.5 Å². The second-order valence-corrected chi connectivity index (χ2v) is 5.23. The molecule has 96 valence electrons. The van der Waals surface area contributed by atoms with Gasteiger partial charge in [0.05, 0.1) is 5.69 Å². The highest BCUT2D eigenvalue weighted by molar-refractivity contribution is 5.96. The van der Waals surface area contributed by atoms with Crippen molar-refractivity contribution in [2.75, 3.05) is 0 Å². The molecule has 0 saturated heterocycles. The van der Waals surface area contributed by atoms with Gasteiger partial charge in [-0.3, -0.25) is 14.6 Å². The van der Waals surface area contributed by atoms with Gasteiger partial charge in [0.2, 0.25) is 0 Å². The molecule has 0 aromatic carbocycles. The summed E-state index contributed by atoms with van der Waals surface area (Å²) in [6.07, 6.45) is 5.39. The summed E-state index contributed by atoms with van der Waals surface area (Å²) in [5.41, 5.74) is 0.373. The predicted molar refractivity (Wildman–Crippen MR) is 72.0 cm³/mol. The summed E-state index contributed by atoms with van der Waals surface area (Å²) in [5.74, 6) is 0.0698. The first-order valence-electron chi connectivity index (χ1n) is 6.05. The van der Waals surface area contributed by atoms with E-state index in [2.05, 4.69) is 4.98 Å². The molecule has 3 heteroatoms. The van der Waals surface area contributed by atoms with E-state index in [1.54, 1.807) is 12.3 Å². The number of rotatable bonds is 5. The van der Waals surface area contributed by atoms with Crippen LogP contribution in [0.1, 0.15) is 39.3 Å². The third kappa shape index (κ3) is 5.04. The van der Waals surface area contributed by atoms with Gasteiger partial charge < -0.3 is 0 Å². The maximum Gasteiger partial charge on any atom is 0.156 e. The highest BCUT2D eigenvalue weighted by atomic mass is 16.1. The van der Waals surface area contributed by atoms with E-state index in [0.29, 0.717) is 6.42 Å². The molecular weight excluding hydrogens is 226 g/mol. The normalized spacial score (nSPS) is 11.7. The van der Waals surface area contributed by atoms with Crippen LogP contribution in [0.25, 0.3) is 6.08 Å². The lowest BCUT2D eigenvalue weighted by Gasteiger charge is -2.15. The molecule has 0 fully saturated rings. The van der Waals surface area contributed by atoms with Crippen LogP contribution < -0.4 is 0 Å². The second kappa shape index (κ2) is 6.24. The van der Waals surface area contributed by atoms with Gasteiger partial charge in [-0.1, -0.05) is 26.8 Å². The Hall–Kier alpha value is -1.77. The number of Topliss-reactive ketones (excluding diaryl/α,β-unsaturated/α-hetero) is 1. The first kappa shape index (κ1) is 14.3. The molecule has 0 N–H and O–H groups in total. The van der Waals surface area contributed by atoms with Crippen molar-refractivity contribution < 1.29 is 9.59 Å². The van der Waals surface area contributed by atoms with Crippen molar-refractivity contribution >= 4 is 17.6 Å². The molecule has 1 heterocycles. The molecule has 0 radical (unpaired) electrons. The van der Waals surface area contributed by atoms with Crippen molar-refractivity contribution in [3.05, 3.63) is 36.2 Å². The molecule has 0 spiro atoms. The van der Waals surface area contributed by atoms with Gasteiger partial charge in [0.15, 0.2) is 5.78 Å². The number of hydrogen-bond donors (Lipinski definition) is 0. The van der Waals surface area contributed by atoms with Gasteiger partial charge in [-0.2, -0.15) is 0 Å². The number of aromatic nitrogens is 1. The largest absolute Gasteiger partial charge is 0.299 e. The van der Waals surface area contributed by atoms with Gasteiger partial charge >= 0.3 is 0 Å². The highest BCUT2D eigenvalue weighted by Crippen LogP contribution is 2.17. The predicted octanol–water partition coefficient (Wildman–Crippen LogP) is 3.06. The van der Waals surface area contributed by atoms with Crippen molar-refractivity contribution in [2.24, 2.45) is 5.41 Å². The van der Waals surface area contributed by atoms with Crippen LogP contribution in [0.15, 0.2) is 30.5 Å². The van der Waals surface area contributed by atoms with Crippen LogP contribution in [-0.4, -0.2) is 16.6 Å². The summed E-state index contributed by atoms with van der Waals surface area (Å²) in [4.78, 5) is 27.3. The molecule has 0 bridgehead atoms. The molecular formula is C15H19NO2. The number of carbonyl (C=O) groups excluding carboxylic acids is 2. The summed E-state index contributed by atoms with van der Waals surface area (Å²) in [5, 5.41) is 0. The quantitative estimate of drug-likeness (QED) is 0.749. The van der Waals surface area contributed by atoms with Gasteiger partial charge in [0.25, 0.3) is 0 Å². The molecule has 0 atom stereocenters. The zero-order valence-corrected chi connectivity index (χ0v) is 11.1. The van der Waals surface area contributed by atoms with Gasteiger partial charge in [0.1, 0.15) is 5.78 Å². The number of pyridine rings is 1. The molecule has 0 amide bonds. The zero-order valence-electron chi connectivity index (χ0n) is 11.1. The Balaban J connectivity index is 2.44. The molecule has 1 aromatic heterocycles. The average molecular weight is 245 g/mol. The molecule has 0 aliphatic heterocycles. The number of nitrogens with zero attached hydrogens (tertiary/aromatic N) is 1. The van der Waals surface area contributed by atoms with Gasteiger partial charge in [-0.25, -0.2) is 0 Å². The van der Waals surface area contributed by atoms with Crippen LogP contribution in [0.4, 0.5) is 0 Å². The van der Waals surface area contributed by atoms with Crippen LogP contribution in [0.5, 0.6) is 0 Å². The average Bonchev–Trinajstić information content (AvgIpc) is 2.33. The summed E-state index contributed by atoms with van der Waals surface area (Å²) in [6.45, 7) is 5.59. The minimum atomic E-state index is -0.370. The first-order valence-corrected chi connectivity index (χ1v) is 6.05. The van der Waals surface area contributed by atoms with Crippen LogP contribution in [0.2, 0.25) is 0 Å². The van der Waals surface area contributed by atoms with Crippen LogP contribution >= 0.6 is 0 Å². The monoisotopic (exact) mass is 245 g/mol. The molecule has 0 unspecified atom stereocenters. The summed E-state index contributed by atoms with van der Waals surface area (Å²) >= 11 is 0. The van der Waals surface area contributed by atoms with E-state index in [9.17, 15) is 9.59 Å². The standard InChI is InChI=1S/C15H19NO2/c1-15(2,3)14(18)10-9-13(17)8-7-12-6-4-5-11-16-12/h4-8,11H,9-10H2,1-3H3/b8-7+. The lowest BCUT2D eigenvalue weighted by molar-refractivity contribution is -0.128. The van der Waals surface area contributed by atoms with E-state index in [4.69, 9.17) is 0 Å².